The van der Waals surface area contributed by atoms with Gasteiger partial charge < -0.3 is 19.5 Å². The first kappa shape index (κ1) is 20.4. The molecule has 1 spiro atoms. The molecular weight excluding hydrogens is 382 g/mol. The first-order valence-electron chi connectivity index (χ1n) is 10.4. The van der Waals surface area contributed by atoms with Crippen molar-refractivity contribution in [3.05, 3.63) is 54.1 Å². The predicted molar refractivity (Wildman–Crippen MR) is 112 cm³/mol. The van der Waals surface area contributed by atoms with Crippen LogP contribution in [-0.2, 0) is 20.9 Å². The minimum Gasteiger partial charge on any atom is -0.481 e. The van der Waals surface area contributed by atoms with E-state index in [4.69, 9.17) is 14.6 Å². The lowest BCUT2D eigenvalue weighted by atomic mass is 9.98. The summed E-state index contributed by atoms with van der Waals surface area (Å²) in [6, 6.07) is 16.4. The lowest BCUT2D eigenvalue weighted by molar-refractivity contribution is -0.227. The summed E-state index contributed by atoms with van der Waals surface area (Å²) < 4.78 is 12.4. The third-order valence-electron chi connectivity index (χ3n) is 5.88. The van der Waals surface area contributed by atoms with Crippen molar-refractivity contribution >= 4 is 11.9 Å². The van der Waals surface area contributed by atoms with Crippen LogP contribution in [0.2, 0.25) is 0 Å². The van der Waals surface area contributed by atoms with Crippen LogP contribution in [-0.4, -0.2) is 40.8 Å². The fourth-order valence-corrected chi connectivity index (χ4v) is 4.18. The molecule has 0 bridgehead atoms. The second-order valence-electron chi connectivity index (χ2n) is 8.28. The molecule has 1 saturated heterocycles. The van der Waals surface area contributed by atoms with Crippen molar-refractivity contribution in [1.82, 2.24) is 4.90 Å². The smallest absolute Gasteiger partial charge is 0.303 e. The Bertz CT molecular complexity index is 918. The van der Waals surface area contributed by atoms with Crippen LogP contribution in [0.5, 0.6) is 5.75 Å². The molecule has 2 aliphatic rings. The zero-order chi connectivity index (χ0) is 21.1. The van der Waals surface area contributed by atoms with Crippen molar-refractivity contribution in [2.45, 2.75) is 45.0 Å². The van der Waals surface area contributed by atoms with Crippen LogP contribution in [0.1, 0.15) is 38.2 Å². The van der Waals surface area contributed by atoms with Gasteiger partial charge in [0.05, 0.1) is 6.61 Å². The Morgan fingerprint density at radius 3 is 2.50 bits per heavy atom. The van der Waals surface area contributed by atoms with Crippen LogP contribution in [0.15, 0.2) is 48.5 Å². The zero-order valence-corrected chi connectivity index (χ0v) is 17.2. The molecule has 0 saturated carbocycles. The van der Waals surface area contributed by atoms with Gasteiger partial charge in [0, 0.05) is 44.3 Å². The Labute approximate surface area is 176 Å². The third kappa shape index (κ3) is 4.49. The van der Waals surface area contributed by atoms with Crippen LogP contribution in [0.3, 0.4) is 0 Å². The maximum Gasteiger partial charge on any atom is 0.303 e. The number of ether oxygens (including phenoxy) is 2. The Balaban J connectivity index is 1.37. The Kier molecular flexibility index (Phi) is 5.77. The minimum atomic E-state index is -0.869. The van der Waals surface area contributed by atoms with E-state index >= 15 is 0 Å². The van der Waals surface area contributed by atoms with Crippen molar-refractivity contribution in [2.75, 3.05) is 13.1 Å². The van der Waals surface area contributed by atoms with E-state index in [2.05, 4.69) is 24.3 Å². The largest absolute Gasteiger partial charge is 0.481 e. The number of amides is 1. The number of carboxylic acid groups (broad SMARTS) is 1. The van der Waals surface area contributed by atoms with Gasteiger partial charge in [-0.2, -0.15) is 0 Å². The van der Waals surface area contributed by atoms with E-state index < -0.39 is 11.8 Å². The molecule has 0 radical (unpaired) electrons. The molecule has 1 unspecified atom stereocenters. The number of piperidine rings is 1. The van der Waals surface area contributed by atoms with Gasteiger partial charge in [-0.3, -0.25) is 9.59 Å². The Morgan fingerprint density at radius 2 is 1.80 bits per heavy atom. The van der Waals surface area contributed by atoms with Crippen LogP contribution >= 0.6 is 0 Å². The first-order chi connectivity index (χ1) is 14.4. The molecule has 6 nitrogen and oxygen atoms in total. The molecular formula is C24H27NO5. The summed E-state index contributed by atoms with van der Waals surface area (Å²) in [6.45, 7) is 3.39. The second kappa shape index (κ2) is 8.48. The molecule has 1 amide bonds. The number of hydrogen-bond acceptors (Lipinski definition) is 4. The molecule has 1 atom stereocenters. The number of fused-ring (bicyclic) bond motifs is 1. The topological polar surface area (TPSA) is 76.1 Å². The number of carbonyl (C=O) groups is 2. The second-order valence-corrected chi connectivity index (χ2v) is 8.28. The van der Waals surface area contributed by atoms with Crippen LogP contribution < -0.4 is 4.74 Å². The van der Waals surface area contributed by atoms with Gasteiger partial charge in [-0.15, -0.1) is 0 Å². The van der Waals surface area contributed by atoms with Crippen molar-refractivity contribution < 1.29 is 24.2 Å². The summed E-state index contributed by atoms with van der Waals surface area (Å²) in [7, 11) is 0. The number of hydrogen-bond donors (Lipinski definition) is 1. The van der Waals surface area contributed by atoms with Gasteiger partial charge in [-0.05, 0) is 29.2 Å². The number of likely N-dealkylation sites (tertiary alicyclic amines) is 1. The summed E-state index contributed by atoms with van der Waals surface area (Å²) in [5.74, 6) is -0.882. The molecule has 4 rings (SSSR count). The Morgan fingerprint density at radius 1 is 1.07 bits per heavy atom. The quantitative estimate of drug-likeness (QED) is 0.805. The molecule has 2 aromatic rings. The van der Waals surface area contributed by atoms with Crippen LogP contribution in [0, 0.1) is 5.92 Å². The SMILES string of the molecule is CC(CC(=O)O)CC(=O)N1CCC2(CC1)OCc1cc(-c3ccccc3)ccc1O2. The minimum absolute atomic E-state index is 0.00214. The molecule has 1 fully saturated rings. The number of nitrogens with zero attached hydrogens (tertiary/aromatic N) is 1. The normalized spacial score (nSPS) is 18.4. The van der Waals surface area contributed by atoms with E-state index in [0.717, 1.165) is 22.4 Å². The summed E-state index contributed by atoms with van der Waals surface area (Å²) >= 11 is 0. The highest BCUT2D eigenvalue weighted by Crippen LogP contribution is 2.39. The average Bonchev–Trinajstić information content (AvgIpc) is 2.74. The van der Waals surface area contributed by atoms with Gasteiger partial charge in [-0.1, -0.05) is 43.3 Å². The number of aliphatic carboxylic acids is 1. The summed E-state index contributed by atoms with van der Waals surface area (Å²) in [4.78, 5) is 25.1. The number of rotatable bonds is 5. The van der Waals surface area contributed by atoms with Gasteiger partial charge in [0.1, 0.15) is 5.75 Å². The van der Waals surface area contributed by atoms with Crippen molar-refractivity contribution in [1.29, 1.82) is 0 Å². The molecule has 0 aliphatic carbocycles. The standard InChI is InChI=1S/C24H27NO5/c1-17(14-23(27)28)13-22(26)25-11-9-24(10-12-25)29-16-20-15-19(7-8-21(20)30-24)18-5-3-2-4-6-18/h2-8,15,17H,9-14,16H2,1H3,(H,27,28). The van der Waals surface area contributed by atoms with E-state index in [1.54, 1.807) is 11.8 Å². The third-order valence-corrected chi connectivity index (χ3v) is 5.88. The highest BCUT2D eigenvalue weighted by Gasteiger charge is 2.42. The van der Waals surface area contributed by atoms with E-state index in [-0.39, 0.29) is 24.7 Å². The van der Waals surface area contributed by atoms with Gasteiger partial charge in [0.15, 0.2) is 0 Å². The van der Waals surface area contributed by atoms with Crippen molar-refractivity contribution in [3.8, 4) is 16.9 Å². The Hall–Kier alpha value is -2.86. The van der Waals surface area contributed by atoms with E-state index in [9.17, 15) is 9.59 Å². The first-order valence-corrected chi connectivity index (χ1v) is 10.4. The summed E-state index contributed by atoms with van der Waals surface area (Å²) in [6.07, 6.45) is 1.47. The fraction of sp³-hybridized carbons (Fsp3) is 0.417. The van der Waals surface area contributed by atoms with Gasteiger partial charge in [-0.25, -0.2) is 0 Å². The maximum absolute atomic E-state index is 12.5. The van der Waals surface area contributed by atoms with E-state index in [1.807, 2.05) is 24.3 Å². The van der Waals surface area contributed by atoms with Crippen molar-refractivity contribution in [2.24, 2.45) is 5.92 Å². The summed E-state index contributed by atoms with van der Waals surface area (Å²) in [5.41, 5.74) is 3.32. The van der Waals surface area contributed by atoms with E-state index in [1.165, 1.54) is 0 Å². The number of carboxylic acids is 1. The van der Waals surface area contributed by atoms with Crippen LogP contribution in [0.4, 0.5) is 0 Å². The van der Waals surface area contributed by atoms with Gasteiger partial charge >= 0.3 is 5.97 Å². The van der Waals surface area contributed by atoms with Crippen LogP contribution in [0.25, 0.3) is 11.1 Å². The van der Waals surface area contributed by atoms with Crippen molar-refractivity contribution in [3.63, 3.8) is 0 Å². The molecule has 2 aromatic carbocycles. The average molecular weight is 409 g/mol. The number of benzene rings is 2. The molecule has 1 N–H and O–H groups in total. The fourth-order valence-electron chi connectivity index (χ4n) is 4.18. The van der Waals surface area contributed by atoms with Gasteiger partial charge in [0.25, 0.3) is 0 Å². The molecule has 0 aromatic heterocycles. The monoisotopic (exact) mass is 409 g/mol. The molecule has 6 heteroatoms. The zero-order valence-electron chi connectivity index (χ0n) is 17.2. The highest BCUT2D eigenvalue weighted by atomic mass is 16.7. The molecule has 30 heavy (non-hydrogen) atoms. The maximum atomic E-state index is 12.5. The highest BCUT2D eigenvalue weighted by molar-refractivity contribution is 5.77. The summed E-state index contributed by atoms with van der Waals surface area (Å²) in [5, 5.41) is 8.88. The van der Waals surface area contributed by atoms with E-state index in [0.29, 0.717) is 32.5 Å². The molecule has 2 aliphatic heterocycles. The lowest BCUT2D eigenvalue weighted by Gasteiger charge is -2.44. The predicted octanol–water partition coefficient (Wildman–Crippen LogP) is 4.08. The molecule has 158 valence electrons. The number of carbonyl (C=O) groups excluding carboxylic acids is 1. The lowest BCUT2D eigenvalue weighted by Crippen LogP contribution is -2.52. The molecule has 2 heterocycles. The van der Waals surface area contributed by atoms with Gasteiger partial charge in [0.2, 0.25) is 11.7 Å².